The molecule has 0 aliphatic carbocycles. The molecule has 4 rings (SSSR count). The molecule has 0 fully saturated rings. The summed E-state index contributed by atoms with van der Waals surface area (Å²) >= 11 is 0. The monoisotopic (exact) mass is 654 g/mol. The van der Waals surface area contributed by atoms with Crippen LogP contribution in [0.1, 0.15) is 79.7 Å². The average Bonchev–Trinajstić information content (AvgIpc) is 3.06. The van der Waals surface area contributed by atoms with Crippen molar-refractivity contribution in [3.8, 4) is 5.75 Å². The van der Waals surface area contributed by atoms with Crippen LogP contribution in [0.3, 0.4) is 0 Å². The van der Waals surface area contributed by atoms with E-state index in [0.29, 0.717) is 13.0 Å². The number of hydrogen-bond donors (Lipinski definition) is 0. The lowest BCUT2D eigenvalue weighted by Gasteiger charge is -2.46. The summed E-state index contributed by atoms with van der Waals surface area (Å²) in [7, 11) is -1.17. The standard InChI is InChI=1S/C41H54O5Si/c1-31-16-15-17-32(2)38(46-47(40(4,5)6,36-18-11-9-12-19-36)37-20-13-10-14-21-37)26-28-41(7,29-27-39(42)45-33(31)3)44-30-34-22-24-35(43-8)25-23-34/h9-14,17-25,27,29,31,33,38H,15-16,26,28,30H2,1-8H3/b29-27+,32-17+/t31-,33+,38-,41+/m0/s1. The summed E-state index contributed by atoms with van der Waals surface area (Å²) in [5.41, 5.74) is 1.51. The Kier molecular flexibility index (Phi) is 12.5. The molecule has 0 radical (unpaired) electrons. The van der Waals surface area contributed by atoms with Gasteiger partial charge in [-0.1, -0.05) is 107 Å². The minimum Gasteiger partial charge on any atom is -0.497 e. The van der Waals surface area contributed by atoms with Crippen molar-refractivity contribution in [1.82, 2.24) is 0 Å². The van der Waals surface area contributed by atoms with E-state index in [0.717, 1.165) is 30.6 Å². The summed E-state index contributed by atoms with van der Waals surface area (Å²) in [5, 5.41) is 2.36. The van der Waals surface area contributed by atoms with Gasteiger partial charge >= 0.3 is 5.97 Å². The zero-order valence-electron chi connectivity index (χ0n) is 29.6. The number of carbonyl (C=O) groups excluding carboxylic acids is 1. The number of rotatable bonds is 8. The first kappa shape index (κ1) is 36.4. The van der Waals surface area contributed by atoms with Crippen LogP contribution in [0, 0.1) is 5.92 Å². The summed E-state index contributed by atoms with van der Waals surface area (Å²) < 4.78 is 25.5. The maximum absolute atomic E-state index is 13.0. The molecule has 6 heteroatoms. The second-order valence-corrected chi connectivity index (χ2v) is 18.5. The molecule has 0 amide bonds. The number of benzene rings is 3. The predicted molar refractivity (Wildman–Crippen MR) is 195 cm³/mol. The Bertz CT molecular complexity index is 1440. The summed E-state index contributed by atoms with van der Waals surface area (Å²) in [5.74, 6) is 0.676. The highest BCUT2D eigenvalue weighted by Gasteiger charge is 2.51. The number of carbonyl (C=O) groups is 1. The molecule has 0 spiro atoms. The average molecular weight is 655 g/mol. The lowest BCUT2D eigenvalue weighted by atomic mass is 9.93. The summed E-state index contributed by atoms with van der Waals surface area (Å²) in [4.78, 5) is 13.0. The van der Waals surface area contributed by atoms with Crippen LogP contribution < -0.4 is 15.1 Å². The van der Waals surface area contributed by atoms with Gasteiger partial charge in [0.25, 0.3) is 8.32 Å². The molecule has 0 N–H and O–H groups in total. The van der Waals surface area contributed by atoms with Gasteiger partial charge in [0.1, 0.15) is 11.9 Å². The molecule has 3 aromatic carbocycles. The van der Waals surface area contributed by atoms with Gasteiger partial charge in [0.05, 0.1) is 25.4 Å². The van der Waals surface area contributed by atoms with Crippen molar-refractivity contribution >= 4 is 24.7 Å². The fourth-order valence-corrected chi connectivity index (χ4v) is 11.1. The molecule has 1 aliphatic heterocycles. The largest absolute Gasteiger partial charge is 0.497 e. The number of methoxy groups -OCH3 is 1. The van der Waals surface area contributed by atoms with E-state index in [1.807, 2.05) is 37.3 Å². The van der Waals surface area contributed by atoms with E-state index in [-0.39, 0.29) is 29.1 Å². The van der Waals surface area contributed by atoms with Crippen LogP contribution >= 0.6 is 0 Å². The predicted octanol–water partition coefficient (Wildman–Crippen LogP) is 8.56. The summed E-state index contributed by atoms with van der Waals surface area (Å²) in [6, 6.07) is 29.5. The third-order valence-electron chi connectivity index (χ3n) is 9.64. The van der Waals surface area contributed by atoms with Crippen molar-refractivity contribution in [2.45, 2.75) is 104 Å². The van der Waals surface area contributed by atoms with E-state index in [9.17, 15) is 4.79 Å². The highest BCUT2D eigenvalue weighted by atomic mass is 28.4. The zero-order valence-corrected chi connectivity index (χ0v) is 30.6. The van der Waals surface area contributed by atoms with Crippen molar-refractivity contribution in [2.24, 2.45) is 5.92 Å². The molecule has 0 aromatic heterocycles. The van der Waals surface area contributed by atoms with Gasteiger partial charge in [-0.3, -0.25) is 0 Å². The number of hydrogen-bond acceptors (Lipinski definition) is 5. The molecule has 1 heterocycles. The zero-order chi connectivity index (χ0) is 34.1. The Labute approximate surface area is 284 Å². The molecule has 1 aliphatic rings. The first-order chi connectivity index (χ1) is 22.4. The van der Waals surface area contributed by atoms with Gasteiger partial charge in [0.2, 0.25) is 0 Å². The van der Waals surface area contributed by atoms with Crippen LogP contribution in [0.4, 0.5) is 0 Å². The molecule has 0 saturated heterocycles. The van der Waals surface area contributed by atoms with Gasteiger partial charge in [0, 0.05) is 6.08 Å². The van der Waals surface area contributed by atoms with Gasteiger partial charge < -0.3 is 18.6 Å². The van der Waals surface area contributed by atoms with Crippen LogP contribution in [0.25, 0.3) is 0 Å². The highest BCUT2D eigenvalue weighted by molar-refractivity contribution is 6.99. The van der Waals surface area contributed by atoms with E-state index in [2.05, 4.69) is 108 Å². The topological polar surface area (TPSA) is 54.0 Å². The number of allylic oxidation sites excluding steroid dienone is 1. The molecule has 0 unspecified atom stereocenters. The van der Waals surface area contributed by atoms with Crippen LogP contribution in [-0.4, -0.2) is 39.2 Å². The van der Waals surface area contributed by atoms with E-state index >= 15 is 0 Å². The Morgan fingerprint density at radius 2 is 1.49 bits per heavy atom. The van der Waals surface area contributed by atoms with Gasteiger partial charge in [0.15, 0.2) is 0 Å². The third-order valence-corrected chi connectivity index (χ3v) is 14.7. The van der Waals surface area contributed by atoms with Crippen molar-refractivity contribution in [3.63, 3.8) is 0 Å². The third kappa shape index (κ3) is 9.34. The number of ether oxygens (including phenoxy) is 3. The fourth-order valence-electron chi connectivity index (χ4n) is 6.40. The lowest BCUT2D eigenvalue weighted by Crippen LogP contribution is -2.67. The van der Waals surface area contributed by atoms with E-state index in [1.54, 1.807) is 13.2 Å². The Balaban J connectivity index is 1.76. The van der Waals surface area contributed by atoms with Crippen molar-refractivity contribution in [2.75, 3.05) is 7.11 Å². The number of cyclic esters (lactones) is 1. The van der Waals surface area contributed by atoms with Gasteiger partial charge in [-0.25, -0.2) is 4.79 Å². The first-order valence-corrected chi connectivity index (χ1v) is 18.9. The first-order valence-electron chi connectivity index (χ1n) is 17.0. The van der Waals surface area contributed by atoms with Gasteiger partial charge in [-0.15, -0.1) is 0 Å². The summed E-state index contributed by atoms with van der Waals surface area (Å²) in [6.45, 7) is 15.7. The molecule has 3 aromatic rings. The SMILES string of the molecule is COc1ccc(CO[C@@]2(C)/C=C/C(=O)O[C@H](C)[C@@H](C)CC/C=C(\C)[C@@H](O[Si](c3ccccc3)(c3ccccc3)C(C)(C)C)CC2)cc1. The Morgan fingerprint density at radius 3 is 2.04 bits per heavy atom. The second kappa shape index (κ2) is 16.1. The second-order valence-electron chi connectivity index (χ2n) is 14.2. The molecular formula is C41H54O5Si. The molecule has 4 atom stereocenters. The minimum absolute atomic E-state index is 0.152. The number of esters is 1. The Hall–Kier alpha value is -3.45. The van der Waals surface area contributed by atoms with Crippen molar-refractivity contribution < 1.29 is 23.4 Å². The molecule has 0 bridgehead atoms. The maximum atomic E-state index is 13.0. The van der Waals surface area contributed by atoms with Gasteiger partial charge in [-0.05, 0) is 97.1 Å². The van der Waals surface area contributed by atoms with Gasteiger partial charge in [-0.2, -0.15) is 0 Å². The van der Waals surface area contributed by atoms with Crippen LogP contribution in [0.15, 0.2) is 109 Å². The highest BCUT2D eigenvalue weighted by Crippen LogP contribution is 2.39. The molecule has 0 saturated carbocycles. The van der Waals surface area contributed by atoms with E-state index in [4.69, 9.17) is 18.6 Å². The molecule has 5 nitrogen and oxygen atoms in total. The smallest absolute Gasteiger partial charge is 0.330 e. The molecular weight excluding hydrogens is 601 g/mol. The summed E-state index contributed by atoms with van der Waals surface area (Å²) in [6.07, 6.45) is 8.58. The quantitative estimate of drug-likeness (QED) is 0.138. The molecule has 47 heavy (non-hydrogen) atoms. The minimum atomic E-state index is -2.83. The van der Waals surface area contributed by atoms with Crippen LogP contribution in [0.2, 0.25) is 5.04 Å². The Morgan fingerprint density at radius 1 is 0.894 bits per heavy atom. The van der Waals surface area contributed by atoms with Crippen LogP contribution in [-0.2, 0) is 25.3 Å². The van der Waals surface area contributed by atoms with Crippen molar-refractivity contribution in [3.05, 3.63) is 114 Å². The fraction of sp³-hybridized carbons (Fsp3) is 0.439. The van der Waals surface area contributed by atoms with Crippen LogP contribution in [0.5, 0.6) is 5.75 Å². The lowest BCUT2D eigenvalue weighted by molar-refractivity contribution is -0.144. The molecule has 252 valence electrons. The maximum Gasteiger partial charge on any atom is 0.330 e. The van der Waals surface area contributed by atoms with E-state index < -0.39 is 13.9 Å². The van der Waals surface area contributed by atoms with Crippen molar-refractivity contribution in [1.29, 1.82) is 0 Å². The van der Waals surface area contributed by atoms with E-state index in [1.165, 1.54) is 15.9 Å². The normalized spacial score (nSPS) is 25.1.